The minimum Gasteiger partial charge on any atom is -0.465 e. The van der Waals surface area contributed by atoms with E-state index in [-0.39, 0.29) is 60.9 Å². The number of rotatable bonds is 10. The molecular formula is C24H35N5O5. The highest BCUT2D eigenvalue weighted by atomic mass is 16.5. The van der Waals surface area contributed by atoms with Gasteiger partial charge in [-0.25, -0.2) is 0 Å². The second kappa shape index (κ2) is 12.4. The van der Waals surface area contributed by atoms with Crippen LogP contribution in [0, 0.1) is 5.92 Å². The van der Waals surface area contributed by atoms with Crippen molar-refractivity contribution >= 4 is 23.6 Å². The summed E-state index contributed by atoms with van der Waals surface area (Å²) < 4.78 is 21.1. The smallest absolute Gasteiger partial charge is 0.319 e. The normalized spacial score (nSPS) is 20.6. The van der Waals surface area contributed by atoms with Gasteiger partial charge >= 0.3 is 5.97 Å². The molecule has 1 aliphatic heterocycles. The van der Waals surface area contributed by atoms with Crippen LogP contribution in [-0.2, 0) is 25.7 Å². The molecule has 5 N–H and O–H groups in total. The van der Waals surface area contributed by atoms with Crippen LogP contribution >= 0.6 is 0 Å². The van der Waals surface area contributed by atoms with Gasteiger partial charge in [0, 0.05) is 18.7 Å². The number of nitrogens with zero attached hydrogens (tertiary/aromatic N) is 2. The zero-order valence-electron chi connectivity index (χ0n) is 21.5. The topological polar surface area (TPSA) is 146 Å². The summed E-state index contributed by atoms with van der Waals surface area (Å²) in [6.07, 6.45) is 5.51. The van der Waals surface area contributed by atoms with Crippen LogP contribution in [0.1, 0.15) is 59.3 Å². The second-order valence-corrected chi connectivity index (χ2v) is 8.63. The molecule has 0 spiro atoms. The van der Waals surface area contributed by atoms with E-state index in [4.69, 9.17) is 18.4 Å². The Bertz CT molecular complexity index is 976. The van der Waals surface area contributed by atoms with Gasteiger partial charge < -0.3 is 25.9 Å². The van der Waals surface area contributed by atoms with Crippen molar-refractivity contribution < 1.29 is 27.1 Å². The van der Waals surface area contributed by atoms with Gasteiger partial charge in [0.2, 0.25) is 11.8 Å². The maximum absolute atomic E-state index is 13.4. The number of carbonyl (C=O) groups excluding carboxylic acids is 3. The van der Waals surface area contributed by atoms with Crippen LogP contribution in [-0.4, -0.2) is 65.5 Å². The summed E-state index contributed by atoms with van der Waals surface area (Å²) in [4.78, 5) is 39.8. The van der Waals surface area contributed by atoms with E-state index >= 15 is 0 Å². The number of benzene rings is 1. The largest absolute Gasteiger partial charge is 0.465 e. The van der Waals surface area contributed by atoms with E-state index in [1.807, 2.05) is 0 Å². The first-order valence-electron chi connectivity index (χ1n) is 12.8. The Hall–Kier alpha value is -3.14. The molecule has 2 fully saturated rings. The molecule has 2 aliphatic rings. The molecule has 186 valence electrons. The molecule has 2 amide bonds. The number of amides is 2. The van der Waals surface area contributed by atoms with Crippen LogP contribution in [0.2, 0.25) is 0 Å². The van der Waals surface area contributed by atoms with Gasteiger partial charge in [-0.15, -0.1) is 0 Å². The van der Waals surface area contributed by atoms with Crippen LogP contribution in [0.4, 0.5) is 0 Å². The number of esters is 1. The van der Waals surface area contributed by atoms with Crippen LogP contribution in [0.3, 0.4) is 0 Å². The SMILES string of the molecule is [3H]c1cc(CNC(=O)[C@@H]2CCN2C(=O)[C@H](NCC(=O)OCC)C2CCCCC2)cc([3H])c1/C(N)=N/O. The van der Waals surface area contributed by atoms with Gasteiger partial charge in [-0.3, -0.25) is 19.7 Å². The Morgan fingerprint density at radius 1 is 1.26 bits per heavy atom. The van der Waals surface area contributed by atoms with Crippen molar-refractivity contribution in [3.63, 3.8) is 0 Å². The number of hydrogen-bond acceptors (Lipinski definition) is 7. The van der Waals surface area contributed by atoms with Gasteiger partial charge in [-0.05, 0) is 37.7 Å². The lowest BCUT2D eigenvalue weighted by Crippen LogP contribution is -2.63. The van der Waals surface area contributed by atoms with Crippen LogP contribution in [0.25, 0.3) is 0 Å². The van der Waals surface area contributed by atoms with Crippen molar-refractivity contribution in [3.05, 3.63) is 35.3 Å². The molecular weight excluding hydrogens is 438 g/mol. The van der Waals surface area contributed by atoms with Crippen molar-refractivity contribution in [2.75, 3.05) is 19.7 Å². The standard InChI is InChI=1S/C24H35N5O5/c1-2-34-20(30)15-26-21(17-6-4-3-5-7-17)24(32)29-13-12-19(29)23(31)27-14-16-8-10-18(11-9-16)22(25)28-33/h8-11,17,19,21,26,33H,2-7,12-15H2,1H3,(H2,25,28)(H,27,31)/t19-,21+/m0/s1/i10T,11T. The number of amidine groups is 1. The van der Waals surface area contributed by atoms with Crippen LogP contribution in [0.5, 0.6) is 0 Å². The Morgan fingerprint density at radius 2 is 1.97 bits per heavy atom. The molecule has 34 heavy (non-hydrogen) atoms. The average molecular weight is 478 g/mol. The molecule has 2 atom stereocenters. The maximum atomic E-state index is 13.4. The fourth-order valence-corrected chi connectivity index (χ4v) is 4.45. The Kier molecular flexibility index (Phi) is 8.23. The Balaban J connectivity index is 1.63. The van der Waals surface area contributed by atoms with Gasteiger partial charge in [-0.2, -0.15) is 0 Å². The Labute approximate surface area is 202 Å². The summed E-state index contributed by atoms with van der Waals surface area (Å²) in [5.41, 5.74) is 6.05. The minimum absolute atomic E-state index is 0.00686. The molecule has 3 rings (SSSR count). The number of ether oxygens (including phenoxy) is 1. The molecule has 0 unspecified atom stereocenters. The Morgan fingerprint density at radius 3 is 2.56 bits per heavy atom. The monoisotopic (exact) mass is 477 g/mol. The van der Waals surface area contributed by atoms with E-state index < -0.39 is 18.1 Å². The molecule has 1 heterocycles. The summed E-state index contributed by atoms with van der Waals surface area (Å²) in [6.45, 7) is 2.47. The summed E-state index contributed by atoms with van der Waals surface area (Å²) in [5, 5.41) is 17.6. The third-order valence-electron chi connectivity index (χ3n) is 6.40. The summed E-state index contributed by atoms with van der Waals surface area (Å²) in [7, 11) is 0. The molecule has 0 aromatic heterocycles. The van der Waals surface area contributed by atoms with Gasteiger partial charge in [0.15, 0.2) is 5.84 Å². The molecule has 1 aromatic rings. The first kappa shape index (κ1) is 22.6. The third kappa shape index (κ3) is 6.47. The average Bonchev–Trinajstić information content (AvgIpc) is 2.82. The van der Waals surface area contributed by atoms with Crippen LogP contribution < -0.4 is 16.4 Å². The zero-order chi connectivity index (χ0) is 26.2. The lowest BCUT2D eigenvalue weighted by molar-refractivity contribution is -0.151. The van der Waals surface area contributed by atoms with Crippen molar-refractivity contribution in [1.82, 2.24) is 15.5 Å². The van der Waals surface area contributed by atoms with E-state index in [1.54, 1.807) is 11.8 Å². The van der Waals surface area contributed by atoms with Crippen molar-refractivity contribution in [3.8, 4) is 0 Å². The molecule has 10 heteroatoms. The lowest BCUT2D eigenvalue weighted by atomic mass is 9.82. The molecule has 1 saturated carbocycles. The number of nitrogens with two attached hydrogens (primary N) is 1. The highest BCUT2D eigenvalue weighted by Crippen LogP contribution is 2.29. The predicted molar refractivity (Wildman–Crippen MR) is 126 cm³/mol. The fraction of sp³-hybridized carbons (Fsp3) is 0.583. The number of carbonyl (C=O) groups is 3. The molecule has 1 aliphatic carbocycles. The zero-order valence-corrected chi connectivity index (χ0v) is 19.5. The summed E-state index contributed by atoms with van der Waals surface area (Å²) >= 11 is 0. The van der Waals surface area contributed by atoms with Gasteiger partial charge in [-0.1, -0.05) is 48.6 Å². The first-order chi connectivity index (χ1) is 17.3. The van der Waals surface area contributed by atoms with Gasteiger partial charge in [0.05, 0.1) is 21.9 Å². The molecule has 0 bridgehead atoms. The number of oxime groups is 1. The molecule has 0 radical (unpaired) electrons. The summed E-state index contributed by atoms with van der Waals surface area (Å²) in [6, 6.07) is 1.53. The van der Waals surface area contributed by atoms with Crippen molar-refractivity contribution in [2.24, 2.45) is 16.8 Å². The van der Waals surface area contributed by atoms with Gasteiger partial charge in [0.25, 0.3) is 0 Å². The van der Waals surface area contributed by atoms with Crippen molar-refractivity contribution in [1.29, 1.82) is 0 Å². The van der Waals surface area contributed by atoms with E-state index in [9.17, 15) is 14.4 Å². The quantitative estimate of drug-likeness (QED) is 0.130. The second-order valence-electron chi connectivity index (χ2n) is 8.63. The van der Waals surface area contributed by atoms with E-state index in [0.717, 1.165) is 32.1 Å². The number of nitrogens with one attached hydrogen (secondary N) is 2. The third-order valence-corrected chi connectivity index (χ3v) is 6.40. The highest BCUT2D eigenvalue weighted by Gasteiger charge is 2.42. The lowest BCUT2D eigenvalue weighted by Gasteiger charge is -2.43. The van der Waals surface area contributed by atoms with E-state index in [2.05, 4.69) is 15.8 Å². The van der Waals surface area contributed by atoms with Crippen molar-refractivity contribution in [2.45, 2.75) is 64.1 Å². The van der Waals surface area contributed by atoms with Gasteiger partial charge in [0.1, 0.15) is 6.04 Å². The predicted octanol–water partition coefficient (Wildman–Crippen LogP) is 1.10. The number of likely N-dealkylation sites (tertiary alicyclic amines) is 1. The minimum atomic E-state index is -0.615. The summed E-state index contributed by atoms with van der Waals surface area (Å²) in [5.74, 6) is -1.13. The number of hydrogen-bond donors (Lipinski definition) is 4. The molecule has 1 aromatic carbocycles. The highest BCUT2D eigenvalue weighted by molar-refractivity contribution is 5.97. The molecule has 10 nitrogen and oxygen atoms in total. The fourth-order valence-electron chi connectivity index (χ4n) is 4.45. The first-order valence-corrected chi connectivity index (χ1v) is 11.8. The van der Waals surface area contributed by atoms with E-state index in [1.165, 1.54) is 12.1 Å². The van der Waals surface area contributed by atoms with E-state index in [0.29, 0.717) is 18.5 Å². The maximum Gasteiger partial charge on any atom is 0.319 e. The molecule has 1 saturated heterocycles. The van der Waals surface area contributed by atoms with Crippen LogP contribution in [0.15, 0.2) is 29.4 Å².